The lowest BCUT2D eigenvalue weighted by Gasteiger charge is -2.32. The van der Waals surface area contributed by atoms with E-state index in [0.717, 1.165) is 13.1 Å². The second kappa shape index (κ2) is 10.1. The Balaban J connectivity index is 4.19. The predicted molar refractivity (Wildman–Crippen MR) is 73.0 cm³/mol. The maximum Gasteiger partial charge on any atom is 0.0220 e. The first-order chi connectivity index (χ1) is 7.65. The van der Waals surface area contributed by atoms with Crippen LogP contribution in [0.1, 0.15) is 33.1 Å². The van der Waals surface area contributed by atoms with Crippen LogP contribution in [0.5, 0.6) is 0 Å². The molecule has 3 nitrogen and oxygen atoms in total. The zero-order valence-electron chi connectivity index (χ0n) is 11.9. The first-order valence-corrected chi connectivity index (χ1v) is 6.69. The SMILES string of the molecule is CCCC(CNC)N(CCC)CCN(C)C. The van der Waals surface area contributed by atoms with Gasteiger partial charge in [0.05, 0.1) is 0 Å². The van der Waals surface area contributed by atoms with Crippen molar-refractivity contribution < 1.29 is 0 Å². The zero-order chi connectivity index (χ0) is 12.4. The molecule has 0 saturated heterocycles. The van der Waals surface area contributed by atoms with Crippen LogP contribution in [0.2, 0.25) is 0 Å². The summed E-state index contributed by atoms with van der Waals surface area (Å²) in [5.74, 6) is 0. The highest BCUT2D eigenvalue weighted by Gasteiger charge is 2.15. The summed E-state index contributed by atoms with van der Waals surface area (Å²) in [6.07, 6.45) is 3.82. The van der Waals surface area contributed by atoms with Gasteiger partial charge in [0.2, 0.25) is 0 Å². The fourth-order valence-electron chi connectivity index (χ4n) is 2.08. The third kappa shape index (κ3) is 7.20. The quantitative estimate of drug-likeness (QED) is 0.614. The minimum atomic E-state index is 0.704. The molecule has 0 aliphatic carbocycles. The molecule has 0 spiro atoms. The van der Waals surface area contributed by atoms with E-state index in [4.69, 9.17) is 0 Å². The van der Waals surface area contributed by atoms with E-state index in [2.05, 4.69) is 50.1 Å². The molecule has 0 aromatic heterocycles. The Morgan fingerprint density at radius 1 is 1.00 bits per heavy atom. The molecule has 0 aromatic rings. The fourth-order valence-corrected chi connectivity index (χ4v) is 2.08. The molecule has 0 aromatic carbocycles. The van der Waals surface area contributed by atoms with Crippen LogP contribution in [0.15, 0.2) is 0 Å². The van der Waals surface area contributed by atoms with E-state index >= 15 is 0 Å². The highest BCUT2D eigenvalue weighted by atomic mass is 15.2. The van der Waals surface area contributed by atoms with E-state index in [1.165, 1.54) is 32.4 Å². The van der Waals surface area contributed by atoms with Gasteiger partial charge in [0.15, 0.2) is 0 Å². The summed E-state index contributed by atoms with van der Waals surface area (Å²) in [6.45, 7) is 9.22. The Morgan fingerprint density at radius 3 is 2.12 bits per heavy atom. The molecule has 0 amide bonds. The molecular formula is C13H31N3. The smallest absolute Gasteiger partial charge is 0.0220 e. The van der Waals surface area contributed by atoms with Crippen LogP contribution in [0.25, 0.3) is 0 Å². The average molecular weight is 229 g/mol. The number of likely N-dealkylation sites (N-methyl/N-ethyl adjacent to an activating group) is 2. The van der Waals surface area contributed by atoms with E-state index in [1.807, 2.05) is 0 Å². The van der Waals surface area contributed by atoms with Crippen molar-refractivity contribution >= 4 is 0 Å². The van der Waals surface area contributed by atoms with Crippen LogP contribution >= 0.6 is 0 Å². The third-order valence-corrected chi connectivity index (χ3v) is 2.92. The second-order valence-electron chi connectivity index (χ2n) is 4.84. The lowest BCUT2D eigenvalue weighted by molar-refractivity contribution is 0.167. The molecule has 1 N–H and O–H groups in total. The van der Waals surface area contributed by atoms with Crippen molar-refractivity contribution in [3.63, 3.8) is 0 Å². The number of hydrogen-bond donors (Lipinski definition) is 1. The number of hydrogen-bond acceptors (Lipinski definition) is 3. The van der Waals surface area contributed by atoms with Crippen LogP contribution in [0, 0.1) is 0 Å². The van der Waals surface area contributed by atoms with E-state index < -0.39 is 0 Å². The molecule has 3 heteroatoms. The Morgan fingerprint density at radius 2 is 1.69 bits per heavy atom. The van der Waals surface area contributed by atoms with Crippen molar-refractivity contribution in [1.29, 1.82) is 0 Å². The summed E-state index contributed by atoms with van der Waals surface area (Å²) < 4.78 is 0. The maximum absolute atomic E-state index is 3.32. The lowest BCUT2D eigenvalue weighted by atomic mass is 10.1. The minimum absolute atomic E-state index is 0.704. The van der Waals surface area contributed by atoms with Crippen LogP contribution < -0.4 is 5.32 Å². The number of nitrogens with zero attached hydrogens (tertiary/aromatic N) is 2. The van der Waals surface area contributed by atoms with Gasteiger partial charge < -0.3 is 10.2 Å². The van der Waals surface area contributed by atoms with E-state index in [-0.39, 0.29) is 0 Å². The molecule has 98 valence electrons. The summed E-state index contributed by atoms with van der Waals surface area (Å²) in [5.41, 5.74) is 0. The van der Waals surface area contributed by atoms with Gasteiger partial charge in [-0.2, -0.15) is 0 Å². The molecule has 0 bridgehead atoms. The van der Waals surface area contributed by atoms with Gasteiger partial charge >= 0.3 is 0 Å². The van der Waals surface area contributed by atoms with Crippen molar-refractivity contribution in [3.8, 4) is 0 Å². The van der Waals surface area contributed by atoms with Gasteiger partial charge in [-0.25, -0.2) is 0 Å². The van der Waals surface area contributed by atoms with Gasteiger partial charge in [0.1, 0.15) is 0 Å². The van der Waals surface area contributed by atoms with Crippen molar-refractivity contribution in [2.45, 2.75) is 39.2 Å². The molecule has 0 radical (unpaired) electrons. The topological polar surface area (TPSA) is 18.5 Å². The summed E-state index contributed by atoms with van der Waals surface area (Å²) in [6, 6.07) is 0.704. The summed E-state index contributed by atoms with van der Waals surface area (Å²) >= 11 is 0. The second-order valence-corrected chi connectivity index (χ2v) is 4.84. The highest BCUT2D eigenvalue weighted by molar-refractivity contribution is 4.73. The Labute approximate surface area is 102 Å². The molecule has 1 unspecified atom stereocenters. The summed E-state index contributed by atoms with van der Waals surface area (Å²) in [4.78, 5) is 4.91. The summed E-state index contributed by atoms with van der Waals surface area (Å²) in [7, 11) is 6.35. The van der Waals surface area contributed by atoms with Crippen molar-refractivity contribution in [1.82, 2.24) is 15.1 Å². The molecule has 16 heavy (non-hydrogen) atoms. The van der Waals surface area contributed by atoms with Crippen molar-refractivity contribution in [3.05, 3.63) is 0 Å². The Hall–Kier alpha value is -0.120. The van der Waals surface area contributed by atoms with Gasteiger partial charge in [0.25, 0.3) is 0 Å². The normalized spacial score (nSPS) is 13.7. The van der Waals surface area contributed by atoms with Crippen LogP contribution in [-0.4, -0.2) is 63.2 Å². The first-order valence-electron chi connectivity index (χ1n) is 6.69. The average Bonchev–Trinajstić information content (AvgIpc) is 2.24. The highest BCUT2D eigenvalue weighted by Crippen LogP contribution is 2.07. The zero-order valence-corrected chi connectivity index (χ0v) is 11.9. The van der Waals surface area contributed by atoms with E-state index in [1.54, 1.807) is 0 Å². The molecule has 0 aliphatic heterocycles. The first kappa shape index (κ1) is 15.9. The van der Waals surface area contributed by atoms with Crippen molar-refractivity contribution in [2.75, 3.05) is 47.3 Å². The largest absolute Gasteiger partial charge is 0.318 e. The van der Waals surface area contributed by atoms with Gasteiger partial charge in [-0.15, -0.1) is 0 Å². The van der Waals surface area contributed by atoms with Crippen molar-refractivity contribution in [2.24, 2.45) is 0 Å². The molecule has 0 heterocycles. The Kier molecular flexibility index (Phi) is 9.99. The number of nitrogens with one attached hydrogen (secondary N) is 1. The van der Waals surface area contributed by atoms with Gasteiger partial charge in [-0.3, -0.25) is 4.90 Å². The molecule has 0 rings (SSSR count). The van der Waals surface area contributed by atoms with Gasteiger partial charge in [-0.05, 0) is 40.5 Å². The summed E-state index contributed by atoms with van der Waals surface area (Å²) in [5, 5.41) is 3.32. The monoisotopic (exact) mass is 229 g/mol. The van der Waals surface area contributed by atoms with E-state index in [0.29, 0.717) is 6.04 Å². The predicted octanol–water partition coefficient (Wildman–Crippen LogP) is 1.65. The molecule has 0 fully saturated rings. The third-order valence-electron chi connectivity index (χ3n) is 2.92. The van der Waals surface area contributed by atoms with E-state index in [9.17, 15) is 0 Å². The van der Waals surface area contributed by atoms with Crippen LogP contribution in [-0.2, 0) is 0 Å². The molecular weight excluding hydrogens is 198 g/mol. The Bertz CT molecular complexity index is 142. The fraction of sp³-hybridized carbons (Fsp3) is 1.00. The van der Waals surface area contributed by atoms with Crippen LogP contribution in [0.4, 0.5) is 0 Å². The van der Waals surface area contributed by atoms with Gasteiger partial charge in [0, 0.05) is 25.7 Å². The lowest BCUT2D eigenvalue weighted by Crippen LogP contribution is -2.44. The molecule has 1 atom stereocenters. The van der Waals surface area contributed by atoms with Gasteiger partial charge in [-0.1, -0.05) is 20.3 Å². The molecule has 0 saturated carbocycles. The maximum atomic E-state index is 3.32. The standard InChI is InChI=1S/C13H31N3/c1-6-8-13(12-14-3)16(9-7-2)11-10-15(4)5/h13-14H,6-12H2,1-5H3. The van der Waals surface area contributed by atoms with Crippen LogP contribution in [0.3, 0.4) is 0 Å². The minimum Gasteiger partial charge on any atom is -0.318 e. The molecule has 0 aliphatic rings. The number of rotatable bonds is 10.